The Balaban J connectivity index is 2.35. The minimum absolute atomic E-state index is 0.450. The third kappa shape index (κ3) is 1.96. The van der Waals surface area contributed by atoms with Crippen LogP contribution in [0.2, 0.25) is 5.02 Å². The van der Waals surface area contributed by atoms with Gasteiger partial charge in [-0.1, -0.05) is 23.7 Å². The maximum Gasteiger partial charge on any atom is 0.205 e. The van der Waals surface area contributed by atoms with Gasteiger partial charge in [-0.05, 0) is 49.2 Å². The minimum Gasteiger partial charge on any atom is -0.369 e. The summed E-state index contributed by atoms with van der Waals surface area (Å²) in [5.74, 6) is 0.450. The molecule has 0 unspecified atom stereocenters. The van der Waals surface area contributed by atoms with Crippen molar-refractivity contribution >= 4 is 28.6 Å². The maximum atomic E-state index is 6.33. The topological polar surface area (TPSA) is 43.8 Å². The Morgan fingerprint density at radius 1 is 1.05 bits per heavy atom. The van der Waals surface area contributed by atoms with Gasteiger partial charge < -0.3 is 5.73 Å². The number of hydrogen-bond acceptors (Lipinski definition) is 2. The summed E-state index contributed by atoms with van der Waals surface area (Å²) in [5, 5.41) is 0.674. The Hall–Kier alpha value is -2.00. The molecule has 0 fully saturated rings. The van der Waals surface area contributed by atoms with Gasteiger partial charge in [0.15, 0.2) is 0 Å². The van der Waals surface area contributed by atoms with Crippen LogP contribution >= 0.6 is 11.6 Å². The molecule has 19 heavy (non-hydrogen) atoms. The zero-order valence-electron chi connectivity index (χ0n) is 10.8. The summed E-state index contributed by atoms with van der Waals surface area (Å²) in [5.41, 5.74) is 11.0. The number of anilines is 1. The van der Waals surface area contributed by atoms with Gasteiger partial charge in [-0.3, -0.25) is 4.57 Å². The van der Waals surface area contributed by atoms with Crippen molar-refractivity contribution in [3.63, 3.8) is 0 Å². The van der Waals surface area contributed by atoms with E-state index in [4.69, 9.17) is 17.3 Å². The van der Waals surface area contributed by atoms with E-state index in [9.17, 15) is 0 Å². The van der Waals surface area contributed by atoms with Crippen molar-refractivity contribution in [2.24, 2.45) is 0 Å². The van der Waals surface area contributed by atoms with Crippen molar-refractivity contribution < 1.29 is 0 Å². The summed E-state index contributed by atoms with van der Waals surface area (Å²) in [6.07, 6.45) is 0. The lowest BCUT2D eigenvalue weighted by atomic mass is 10.2. The lowest BCUT2D eigenvalue weighted by molar-refractivity contribution is 1.11. The van der Waals surface area contributed by atoms with Gasteiger partial charge in [0.25, 0.3) is 0 Å². The number of rotatable bonds is 1. The molecule has 3 rings (SSSR count). The highest BCUT2D eigenvalue weighted by molar-refractivity contribution is 6.32. The highest BCUT2D eigenvalue weighted by Gasteiger charge is 2.12. The Labute approximate surface area is 116 Å². The number of benzene rings is 2. The zero-order valence-corrected chi connectivity index (χ0v) is 11.6. The number of nitrogens with two attached hydrogens (primary N) is 1. The van der Waals surface area contributed by atoms with Gasteiger partial charge in [0.05, 0.1) is 21.7 Å². The van der Waals surface area contributed by atoms with E-state index in [0.717, 1.165) is 27.8 Å². The molecule has 0 aliphatic heterocycles. The Bertz CT molecular complexity index is 774. The molecule has 2 aromatic carbocycles. The van der Waals surface area contributed by atoms with Crippen LogP contribution < -0.4 is 5.73 Å². The Morgan fingerprint density at radius 2 is 1.74 bits per heavy atom. The number of nitrogen functional groups attached to an aromatic ring is 1. The number of imidazole rings is 1. The van der Waals surface area contributed by atoms with Gasteiger partial charge >= 0.3 is 0 Å². The lowest BCUT2D eigenvalue weighted by Gasteiger charge is -2.09. The molecule has 1 heterocycles. The maximum absolute atomic E-state index is 6.33. The SMILES string of the molecule is Cc1ccc(-n2c(N)nc3ccc(C)cc32)c(Cl)c1. The van der Waals surface area contributed by atoms with Gasteiger partial charge in [-0.25, -0.2) is 4.98 Å². The molecule has 0 amide bonds. The first-order valence-corrected chi connectivity index (χ1v) is 6.45. The smallest absolute Gasteiger partial charge is 0.205 e. The van der Waals surface area contributed by atoms with Crippen LogP contribution in [-0.2, 0) is 0 Å². The summed E-state index contributed by atoms with van der Waals surface area (Å²) in [7, 11) is 0. The van der Waals surface area contributed by atoms with Gasteiger partial charge in [-0.15, -0.1) is 0 Å². The van der Waals surface area contributed by atoms with Gasteiger partial charge in [0.2, 0.25) is 5.95 Å². The van der Waals surface area contributed by atoms with Crippen LogP contribution in [0.1, 0.15) is 11.1 Å². The van der Waals surface area contributed by atoms with E-state index in [1.165, 1.54) is 0 Å². The van der Waals surface area contributed by atoms with Gasteiger partial charge in [0, 0.05) is 0 Å². The summed E-state index contributed by atoms with van der Waals surface area (Å²) < 4.78 is 1.89. The highest BCUT2D eigenvalue weighted by Crippen LogP contribution is 2.29. The van der Waals surface area contributed by atoms with E-state index in [1.807, 2.05) is 48.7 Å². The Morgan fingerprint density at radius 3 is 2.47 bits per heavy atom. The van der Waals surface area contributed by atoms with Crippen molar-refractivity contribution in [2.45, 2.75) is 13.8 Å². The molecule has 1 aromatic heterocycles. The van der Waals surface area contributed by atoms with Crippen molar-refractivity contribution in [3.8, 4) is 5.69 Å². The molecule has 96 valence electrons. The molecule has 4 heteroatoms. The average Bonchev–Trinajstić information content (AvgIpc) is 2.65. The average molecular weight is 272 g/mol. The second-order valence-corrected chi connectivity index (χ2v) is 5.16. The number of halogens is 1. The van der Waals surface area contributed by atoms with Crippen LogP contribution in [-0.4, -0.2) is 9.55 Å². The minimum atomic E-state index is 0.450. The van der Waals surface area contributed by atoms with E-state index in [1.54, 1.807) is 0 Å². The van der Waals surface area contributed by atoms with Gasteiger partial charge in [0.1, 0.15) is 0 Å². The normalized spacial score (nSPS) is 11.1. The van der Waals surface area contributed by atoms with Crippen LogP contribution in [0.4, 0.5) is 5.95 Å². The molecule has 0 bridgehead atoms. The van der Waals surface area contributed by atoms with Crippen LogP contribution in [0, 0.1) is 13.8 Å². The number of aryl methyl sites for hydroxylation is 2. The first kappa shape index (κ1) is 12.1. The van der Waals surface area contributed by atoms with Crippen molar-refractivity contribution in [1.82, 2.24) is 9.55 Å². The van der Waals surface area contributed by atoms with Crippen LogP contribution in [0.5, 0.6) is 0 Å². The molecule has 2 N–H and O–H groups in total. The fourth-order valence-corrected chi connectivity index (χ4v) is 2.57. The van der Waals surface area contributed by atoms with Crippen molar-refractivity contribution in [3.05, 3.63) is 52.5 Å². The van der Waals surface area contributed by atoms with E-state index in [-0.39, 0.29) is 0 Å². The lowest BCUT2D eigenvalue weighted by Crippen LogP contribution is -2.01. The number of fused-ring (bicyclic) bond motifs is 1. The number of aromatic nitrogens is 2. The first-order valence-electron chi connectivity index (χ1n) is 6.07. The molecular weight excluding hydrogens is 258 g/mol. The third-order valence-corrected chi connectivity index (χ3v) is 3.48. The zero-order chi connectivity index (χ0) is 13.6. The standard InChI is InChI=1S/C15H14ClN3/c1-9-4-6-13(11(16)7-9)19-14-8-10(2)3-5-12(14)18-15(19)17/h3-8H,1-2H3,(H2,17,18). The molecule has 0 radical (unpaired) electrons. The molecular formula is C15H14ClN3. The Kier molecular flexibility index (Phi) is 2.72. The molecule has 3 aromatic rings. The summed E-state index contributed by atoms with van der Waals surface area (Å²) in [4.78, 5) is 4.38. The molecule has 0 atom stereocenters. The molecule has 3 nitrogen and oxygen atoms in total. The van der Waals surface area contributed by atoms with Crippen molar-refractivity contribution in [2.75, 3.05) is 5.73 Å². The first-order chi connectivity index (χ1) is 9.06. The quantitative estimate of drug-likeness (QED) is 0.730. The van der Waals surface area contributed by atoms with Crippen LogP contribution in [0.3, 0.4) is 0 Å². The molecule has 0 saturated carbocycles. The predicted molar refractivity (Wildman–Crippen MR) is 80.0 cm³/mol. The number of hydrogen-bond donors (Lipinski definition) is 1. The largest absolute Gasteiger partial charge is 0.369 e. The molecule has 0 spiro atoms. The van der Waals surface area contributed by atoms with E-state index >= 15 is 0 Å². The fraction of sp³-hybridized carbons (Fsp3) is 0.133. The summed E-state index contributed by atoms with van der Waals surface area (Å²) in [6, 6.07) is 12.0. The summed E-state index contributed by atoms with van der Waals surface area (Å²) in [6.45, 7) is 4.05. The monoisotopic (exact) mass is 271 g/mol. The number of nitrogens with zero attached hydrogens (tertiary/aromatic N) is 2. The predicted octanol–water partition coefficient (Wildman–Crippen LogP) is 3.88. The van der Waals surface area contributed by atoms with E-state index in [2.05, 4.69) is 11.1 Å². The summed E-state index contributed by atoms with van der Waals surface area (Å²) >= 11 is 6.33. The van der Waals surface area contributed by atoms with E-state index < -0.39 is 0 Å². The molecule has 0 saturated heterocycles. The fourth-order valence-electron chi connectivity index (χ4n) is 2.25. The van der Waals surface area contributed by atoms with Gasteiger partial charge in [-0.2, -0.15) is 0 Å². The van der Waals surface area contributed by atoms with Crippen LogP contribution in [0.25, 0.3) is 16.7 Å². The second-order valence-electron chi connectivity index (χ2n) is 4.75. The molecule has 0 aliphatic carbocycles. The third-order valence-electron chi connectivity index (χ3n) is 3.18. The van der Waals surface area contributed by atoms with E-state index in [0.29, 0.717) is 11.0 Å². The molecule has 0 aliphatic rings. The van der Waals surface area contributed by atoms with Crippen LogP contribution in [0.15, 0.2) is 36.4 Å². The van der Waals surface area contributed by atoms with Crippen molar-refractivity contribution in [1.29, 1.82) is 0 Å². The second kappa shape index (κ2) is 4.28. The highest BCUT2D eigenvalue weighted by atomic mass is 35.5.